The molecule has 0 aliphatic carbocycles. The van der Waals surface area contributed by atoms with E-state index in [4.69, 9.17) is 0 Å². The fourth-order valence-corrected chi connectivity index (χ4v) is 46.7. The lowest BCUT2D eigenvalue weighted by Gasteiger charge is -2.73. The van der Waals surface area contributed by atoms with Gasteiger partial charge in [0.05, 0.1) is 0 Å². The van der Waals surface area contributed by atoms with Gasteiger partial charge in [-0.25, -0.2) is 0 Å². The van der Waals surface area contributed by atoms with Crippen molar-refractivity contribution in [3.8, 4) is 0 Å². The molecule has 0 radical (unpaired) electrons. The first-order chi connectivity index (χ1) is 9.38. The maximum absolute atomic E-state index is 14.8. The summed E-state index contributed by atoms with van der Waals surface area (Å²) in [5.74, 6) is 0. The largest absolute Gasteiger partial charge is 0.501 e. The Bertz CT molecular complexity index is 421. The highest BCUT2D eigenvalue weighted by atomic mass is 28.6. The van der Waals surface area contributed by atoms with Gasteiger partial charge in [-0.3, -0.25) is 17.0 Å². The predicted molar refractivity (Wildman–Crippen MR) is 101 cm³/mol. The average molecular weight is 404 g/mol. The minimum atomic E-state index is -4.44. The molecule has 3 nitrogen and oxygen atoms in total. The first kappa shape index (κ1) is 20.8. The van der Waals surface area contributed by atoms with E-state index < -0.39 is 48.2 Å². The van der Waals surface area contributed by atoms with E-state index in [0.29, 0.717) is 0 Å². The molecule has 0 atom stereocenters. The third-order valence-corrected chi connectivity index (χ3v) is 35.9. The van der Waals surface area contributed by atoms with E-state index in [1.54, 1.807) is 26.9 Å². The molecule has 132 valence electrons. The van der Waals surface area contributed by atoms with E-state index in [-0.39, 0.29) is 0 Å². The molecule has 1 aliphatic rings. The van der Waals surface area contributed by atoms with Gasteiger partial charge in [-0.1, -0.05) is 13.8 Å². The summed E-state index contributed by atoms with van der Waals surface area (Å²) in [6.45, 7) is 19.1. The van der Waals surface area contributed by atoms with Crippen LogP contribution in [0.1, 0.15) is 13.8 Å². The highest BCUT2D eigenvalue weighted by Gasteiger charge is 2.70. The van der Waals surface area contributed by atoms with E-state index in [0.717, 1.165) is 0 Å². The van der Waals surface area contributed by atoms with Crippen LogP contribution in [0.3, 0.4) is 0 Å². The van der Waals surface area contributed by atoms with Gasteiger partial charge < -0.3 is 7.79 Å². The fourth-order valence-electron chi connectivity index (χ4n) is 4.77. The van der Waals surface area contributed by atoms with Crippen molar-refractivity contribution in [2.75, 3.05) is 0 Å². The Morgan fingerprint density at radius 1 is 0.818 bits per heavy atom. The van der Waals surface area contributed by atoms with Gasteiger partial charge in [0.15, 0.2) is 25.2 Å². The van der Waals surface area contributed by atoms with Gasteiger partial charge in [-0.2, -0.15) is 0 Å². The zero-order valence-electron chi connectivity index (χ0n) is 15.6. The molecule has 1 saturated heterocycles. The Hall–Kier alpha value is 0.754. The molecule has 0 spiro atoms. The normalized spacial score (nSPS) is 23.7. The van der Waals surface area contributed by atoms with Crippen LogP contribution >= 0.6 is 0 Å². The summed E-state index contributed by atoms with van der Waals surface area (Å²) < 4.78 is 51.0. The SMILES string of the molecule is CC(C)[Si](F)(F)N[Si](C)(C)N1[Si](C)(C)N([Si](C)(C)F)[Si]1(C)C. The van der Waals surface area contributed by atoms with Gasteiger partial charge in [0.2, 0.25) is 0 Å². The fraction of sp³-hybridized carbons (Fsp3) is 1.00. The molecule has 1 N–H and O–H groups in total. The van der Waals surface area contributed by atoms with Crippen LogP contribution < -0.4 is 4.65 Å². The molecular formula is C11H32F3N3Si5. The molecule has 1 rings (SSSR count). The third-order valence-electron chi connectivity index (χ3n) is 4.48. The minimum Gasteiger partial charge on any atom is -0.334 e. The average Bonchev–Trinajstić information content (AvgIpc) is 2.06. The number of hydrogen-bond acceptors (Lipinski definition) is 3. The summed E-state index contributed by atoms with van der Waals surface area (Å²) in [6, 6.07) is 0. The highest BCUT2D eigenvalue weighted by molar-refractivity contribution is 7.19. The van der Waals surface area contributed by atoms with Gasteiger partial charge in [-0.05, 0) is 52.4 Å². The molecule has 0 aromatic carbocycles. The Kier molecular flexibility index (Phi) is 5.33. The summed E-state index contributed by atoms with van der Waals surface area (Å²) >= 11 is 0. The zero-order valence-corrected chi connectivity index (χ0v) is 20.6. The van der Waals surface area contributed by atoms with Crippen molar-refractivity contribution >= 4 is 42.7 Å². The highest BCUT2D eigenvalue weighted by Crippen LogP contribution is 2.46. The second-order valence-electron chi connectivity index (χ2n) is 8.53. The molecule has 0 amide bonds. The van der Waals surface area contributed by atoms with Crippen molar-refractivity contribution in [1.82, 2.24) is 12.4 Å². The Morgan fingerprint density at radius 3 is 1.45 bits per heavy atom. The van der Waals surface area contributed by atoms with E-state index in [1.165, 1.54) is 0 Å². The lowest BCUT2D eigenvalue weighted by Crippen LogP contribution is -2.99. The van der Waals surface area contributed by atoms with Crippen LogP contribution in [0.25, 0.3) is 0 Å². The second-order valence-corrected chi connectivity index (χ2v) is 29.2. The first-order valence-electron chi connectivity index (χ1n) is 7.85. The van der Waals surface area contributed by atoms with Crippen LogP contribution in [-0.2, 0) is 0 Å². The van der Waals surface area contributed by atoms with Gasteiger partial charge in [0.25, 0.3) is 0 Å². The van der Waals surface area contributed by atoms with Crippen LogP contribution in [0.15, 0.2) is 0 Å². The zero-order chi connectivity index (χ0) is 17.9. The van der Waals surface area contributed by atoms with E-state index in [9.17, 15) is 12.3 Å². The number of nitrogens with one attached hydrogen (secondary N) is 1. The van der Waals surface area contributed by atoms with E-state index in [2.05, 4.69) is 38.6 Å². The molecule has 1 fully saturated rings. The minimum absolute atomic E-state index is 0.613. The molecule has 22 heavy (non-hydrogen) atoms. The lowest BCUT2D eigenvalue weighted by molar-refractivity contribution is 0.528. The first-order valence-corrected chi connectivity index (χ1v) is 21.2. The maximum atomic E-state index is 14.8. The van der Waals surface area contributed by atoms with Crippen LogP contribution in [0, 0.1) is 0 Å². The number of hydrogen-bond donors (Lipinski definition) is 1. The van der Waals surface area contributed by atoms with Crippen molar-refractivity contribution in [2.45, 2.75) is 71.8 Å². The summed E-state index contributed by atoms with van der Waals surface area (Å²) in [6.07, 6.45) is 0. The Balaban J connectivity index is 3.16. The molecule has 0 saturated carbocycles. The number of rotatable bonds is 5. The molecule has 11 heteroatoms. The second kappa shape index (κ2) is 5.64. The van der Waals surface area contributed by atoms with Gasteiger partial charge >= 0.3 is 17.5 Å². The molecule has 0 aromatic rings. The summed E-state index contributed by atoms with van der Waals surface area (Å²) in [5, 5.41) is 0. The van der Waals surface area contributed by atoms with Crippen molar-refractivity contribution in [1.29, 1.82) is 0 Å². The van der Waals surface area contributed by atoms with Crippen molar-refractivity contribution in [3.05, 3.63) is 0 Å². The van der Waals surface area contributed by atoms with Crippen LogP contribution in [0.5, 0.6) is 0 Å². The number of nitrogens with zero attached hydrogens (tertiary/aromatic N) is 2. The summed E-state index contributed by atoms with van der Waals surface area (Å²) in [7, 11) is -14.1. The van der Waals surface area contributed by atoms with E-state index >= 15 is 0 Å². The standard InChI is InChI=1S/C11H32F3N3Si5/c1-11(2)22(13,14)15-19(5,6)17-20(7,8)16(18(3,4)12)21(17,9)10/h11,15H,1-10H3. The molecule has 0 bridgehead atoms. The third kappa shape index (κ3) is 3.41. The quantitative estimate of drug-likeness (QED) is 0.546. The Labute approximate surface area is 139 Å². The van der Waals surface area contributed by atoms with Crippen LogP contribution in [0.4, 0.5) is 12.3 Å². The molecule has 0 aromatic heterocycles. The summed E-state index contributed by atoms with van der Waals surface area (Å²) in [4.78, 5) is 0. The topological polar surface area (TPSA) is 18.5 Å². The maximum Gasteiger partial charge on any atom is 0.501 e. The Morgan fingerprint density at radius 2 is 1.18 bits per heavy atom. The smallest absolute Gasteiger partial charge is 0.334 e. The van der Waals surface area contributed by atoms with Gasteiger partial charge in [0.1, 0.15) is 0 Å². The van der Waals surface area contributed by atoms with Gasteiger partial charge in [0, 0.05) is 5.54 Å². The molecule has 1 aliphatic heterocycles. The van der Waals surface area contributed by atoms with Crippen molar-refractivity contribution in [2.24, 2.45) is 0 Å². The van der Waals surface area contributed by atoms with Crippen LogP contribution in [0.2, 0.25) is 57.9 Å². The van der Waals surface area contributed by atoms with Gasteiger partial charge in [-0.15, -0.1) is 0 Å². The molecule has 1 heterocycles. The lowest BCUT2D eigenvalue weighted by atomic mass is 10.6. The van der Waals surface area contributed by atoms with Crippen molar-refractivity contribution < 1.29 is 12.3 Å². The van der Waals surface area contributed by atoms with Crippen molar-refractivity contribution in [3.63, 3.8) is 0 Å². The number of halogens is 3. The monoisotopic (exact) mass is 403 g/mol. The molecular weight excluding hydrogens is 372 g/mol. The van der Waals surface area contributed by atoms with Crippen LogP contribution in [-0.4, -0.2) is 50.5 Å². The molecule has 0 unspecified atom stereocenters. The summed E-state index contributed by atoms with van der Waals surface area (Å²) in [5.41, 5.74) is -0.613. The van der Waals surface area contributed by atoms with E-state index in [1.807, 2.05) is 13.1 Å². The predicted octanol–water partition coefficient (Wildman–Crippen LogP) is 4.26.